The third-order valence-electron chi connectivity index (χ3n) is 3.22. The Hall–Kier alpha value is -3.66. The number of nitro benzene ring substituents is 1. The molecule has 0 aliphatic rings. The van der Waals surface area contributed by atoms with E-state index in [0.29, 0.717) is 11.4 Å². The van der Waals surface area contributed by atoms with E-state index in [1.54, 1.807) is 12.1 Å². The molecule has 0 aliphatic carbocycles. The number of aryl methyl sites for hydroxylation is 1. The molecule has 0 saturated carbocycles. The highest BCUT2D eigenvalue weighted by Crippen LogP contribution is 2.16. The van der Waals surface area contributed by atoms with Crippen LogP contribution in [-0.2, 0) is 4.79 Å². The number of rotatable bonds is 5. The number of carbonyl (C=O) groups is 1. The Morgan fingerprint density at radius 3 is 2.46 bits per heavy atom. The van der Waals surface area contributed by atoms with E-state index in [1.165, 1.54) is 30.5 Å². The average Bonchev–Trinajstić information content (AvgIpc) is 2.58. The number of nitrogens with zero attached hydrogens (tertiary/aromatic N) is 2. The minimum atomic E-state index is -0.541. The lowest BCUT2D eigenvalue weighted by Gasteiger charge is -2.07. The lowest BCUT2D eigenvalue weighted by Crippen LogP contribution is -2.15. The van der Waals surface area contributed by atoms with Gasteiger partial charge < -0.3 is 10.6 Å². The highest BCUT2D eigenvalue weighted by atomic mass is 16.6. The van der Waals surface area contributed by atoms with Gasteiger partial charge in [0, 0.05) is 29.7 Å². The van der Waals surface area contributed by atoms with Gasteiger partial charge in [0.25, 0.3) is 11.6 Å². The number of carbonyl (C=O) groups excluding carboxylic acids is 1. The van der Waals surface area contributed by atoms with Crippen molar-refractivity contribution >= 4 is 23.0 Å². The molecule has 7 nitrogen and oxygen atoms in total. The zero-order valence-corrected chi connectivity index (χ0v) is 12.8. The summed E-state index contributed by atoms with van der Waals surface area (Å²) in [5.41, 5.74) is 1.88. The number of non-ortho nitro benzene ring substituents is 1. The fourth-order valence-corrected chi connectivity index (χ4v) is 1.89. The first-order chi connectivity index (χ1) is 11.5. The molecule has 0 aliphatic heterocycles. The molecule has 24 heavy (non-hydrogen) atoms. The third-order valence-corrected chi connectivity index (χ3v) is 3.22. The van der Waals surface area contributed by atoms with Gasteiger partial charge in [-0.3, -0.25) is 14.9 Å². The molecule has 0 bridgehead atoms. The molecule has 0 radical (unpaired) electrons. The fourth-order valence-electron chi connectivity index (χ4n) is 1.89. The summed E-state index contributed by atoms with van der Waals surface area (Å²) in [5, 5.41) is 25.2. The van der Waals surface area contributed by atoms with E-state index in [0.717, 1.165) is 5.56 Å². The van der Waals surface area contributed by atoms with Gasteiger partial charge in [0.15, 0.2) is 0 Å². The van der Waals surface area contributed by atoms with Crippen molar-refractivity contribution in [2.24, 2.45) is 0 Å². The largest absolute Gasteiger partial charge is 0.360 e. The molecule has 0 saturated heterocycles. The minimum absolute atomic E-state index is 0.0395. The first kappa shape index (κ1) is 16.7. The number of nitro groups is 1. The zero-order chi connectivity index (χ0) is 17.5. The summed E-state index contributed by atoms with van der Waals surface area (Å²) in [4.78, 5) is 22.2. The molecule has 0 unspecified atom stereocenters. The van der Waals surface area contributed by atoms with Crippen molar-refractivity contribution in [3.05, 3.63) is 76.0 Å². The van der Waals surface area contributed by atoms with Gasteiger partial charge in [-0.2, -0.15) is 5.26 Å². The summed E-state index contributed by atoms with van der Waals surface area (Å²) < 4.78 is 0. The molecule has 0 spiro atoms. The Balaban J connectivity index is 2.08. The Kier molecular flexibility index (Phi) is 5.26. The topological polar surface area (TPSA) is 108 Å². The first-order valence-electron chi connectivity index (χ1n) is 6.99. The van der Waals surface area contributed by atoms with E-state index in [2.05, 4.69) is 10.6 Å². The SMILES string of the molecule is Cc1ccccc1NC(=O)/C(C#N)=C\Nc1ccc([N+](=O)[O-])cc1. The molecule has 120 valence electrons. The van der Waals surface area contributed by atoms with Crippen LogP contribution in [-0.4, -0.2) is 10.8 Å². The van der Waals surface area contributed by atoms with Gasteiger partial charge in [-0.05, 0) is 30.7 Å². The van der Waals surface area contributed by atoms with Gasteiger partial charge in [0.1, 0.15) is 11.6 Å². The monoisotopic (exact) mass is 322 g/mol. The molecule has 7 heteroatoms. The van der Waals surface area contributed by atoms with Crippen LogP contribution in [0.2, 0.25) is 0 Å². The van der Waals surface area contributed by atoms with Gasteiger partial charge in [-0.1, -0.05) is 18.2 Å². The number of anilines is 2. The van der Waals surface area contributed by atoms with E-state index < -0.39 is 10.8 Å². The van der Waals surface area contributed by atoms with Crippen LogP contribution in [0.25, 0.3) is 0 Å². The first-order valence-corrected chi connectivity index (χ1v) is 6.99. The maximum atomic E-state index is 12.1. The lowest BCUT2D eigenvalue weighted by molar-refractivity contribution is -0.384. The van der Waals surface area contributed by atoms with Crippen molar-refractivity contribution in [2.75, 3.05) is 10.6 Å². The summed E-state index contributed by atoms with van der Waals surface area (Å²) in [7, 11) is 0. The number of para-hydroxylation sites is 1. The second kappa shape index (κ2) is 7.56. The number of hydrogen-bond acceptors (Lipinski definition) is 5. The van der Waals surface area contributed by atoms with E-state index in [4.69, 9.17) is 5.26 Å². The molecule has 0 aromatic heterocycles. The standard InChI is InChI=1S/C17H14N4O3/c1-12-4-2-3-5-16(12)20-17(22)13(10-18)11-19-14-6-8-15(9-7-14)21(23)24/h2-9,11,19H,1H3,(H,20,22)/b13-11-. The molecule has 2 aromatic carbocycles. The van der Waals surface area contributed by atoms with Gasteiger partial charge in [-0.25, -0.2) is 0 Å². The number of benzene rings is 2. The smallest absolute Gasteiger partial charge is 0.269 e. The van der Waals surface area contributed by atoms with Crippen molar-refractivity contribution < 1.29 is 9.72 Å². The van der Waals surface area contributed by atoms with Crippen LogP contribution in [0.3, 0.4) is 0 Å². The van der Waals surface area contributed by atoms with Crippen LogP contribution in [0.1, 0.15) is 5.56 Å². The fraction of sp³-hybridized carbons (Fsp3) is 0.0588. The van der Waals surface area contributed by atoms with Gasteiger partial charge in [-0.15, -0.1) is 0 Å². The van der Waals surface area contributed by atoms with Crippen molar-refractivity contribution in [3.8, 4) is 6.07 Å². The average molecular weight is 322 g/mol. The summed E-state index contributed by atoms with van der Waals surface area (Å²) in [6.45, 7) is 1.85. The molecule has 0 heterocycles. The van der Waals surface area contributed by atoms with Crippen LogP contribution in [0.4, 0.5) is 17.1 Å². The van der Waals surface area contributed by atoms with Crippen LogP contribution in [0, 0.1) is 28.4 Å². The van der Waals surface area contributed by atoms with Gasteiger partial charge in [0.2, 0.25) is 0 Å². The summed E-state index contributed by atoms with van der Waals surface area (Å²) in [6.07, 6.45) is 1.26. The minimum Gasteiger partial charge on any atom is -0.360 e. The zero-order valence-electron chi connectivity index (χ0n) is 12.8. The predicted molar refractivity (Wildman–Crippen MR) is 90.2 cm³/mol. The van der Waals surface area contributed by atoms with E-state index in [-0.39, 0.29) is 11.3 Å². The molecule has 2 aromatic rings. The second-order valence-electron chi connectivity index (χ2n) is 4.89. The second-order valence-corrected chi connectivity index (χ2v) is 4.89. The highest BCUT2D eigenvalue weighted by molar-refractivity contribution is 6.07. The van der Waals surface area contributed by atoms with Crippen LogP contribution in [0.5, 0.6) is 0 Å². The molecule has 0 atom stereocenters. The van der Waals surface area contributed by atoms with Crippen molar-refractivity contribution in [1.82, 2.24) is 0 Å². The normalized spacial score (nSPS) is 10.6. The van der Waals surface area contributed by atoms with E-state index >= 15 is 0 Å². The summed E-state index contributed by atoms with van der Waals surface area (Å²) in [5.74, 6) is -0.541. The van der Waals surface area contributed by atoms with Crippen molar-refractivity contribution in [3.63, 3.8) is 0 Å². The molecular weight excluding hydrogens is 308 g/mol. The van der Waals surface area contributed by atoms with E-state index in [1.807, 2.05) is 25.1 Å². The summed E-state index contributed by atoms with van der Waals surface area (Å²) >= 11 is 0. The molecule has 2 rings (SSSR count). The molecule has 2 N–H and O–H groups in total. The van der Waals surface area contributed by atoms with Crippen LogP contribution < -0.4 is 10.6 Å². The van der Waals surface area contributed by atoms with Crippen molar-refractivity contribution in [2.45, 2.75) is 6.92 Å². The van der Waals surface area contributed by atoms with Crippen LogP contribution >= 0.6 is 0 Å². The Bertz CT molecular complexity index is 836. The number of hydrogen-bond donors (Lipinski definition) is 2. The Morgan fingerprint density at radius 1 is 1.21 bits per heavy atom. The lowest BCUT2D eigenvalue weighted by atomic mass is 10.2. The quantitative estimate of drug-likeness (QED) is 0.380. The number of amides is 1. The van der Waals surface area contributed by atoms with Crippen molar-refractivity contribution in [1.29, 1.82) is 5.26 Å². The van der Waals surface area contributed by atoms with E-state index in [9.17, 15) is 14.9 Å². The number of nitrogens with one attached hydrogen (secondary N) is 2. The molecule has 0 fully saturated rings. The Labute approximate surface area is 138 Å². The van der Waals surface area contributed by atoms with Gasteiger partial charge >= 0.3 is 0 Å². The maximum Gasteiger partial charge on any atom is 0.269 e. The Morgan fingerprint density at radius 2 is 1.88 bits per heavy atom. The highest BCUT2D eigenvalue weighted by Gasteiger charge is 2.10. The number of nitriles is 1. The third kappa shape index (κ3) is 4.18. The van der Waals surface area contributed by atoms with Gasteiger partial charge in [0.05, 0.1) is 4.92 Å². The summed E-state index contributed by atoms with van der Waals surface area (Å²) in [6, 6.07) is 14.7. The maximum absolute atomic E-state index is 12.1. The molecule has 1 amide bonds. The van der Waals surface area contributed by atoms with Crippen LogP contribution in [0.15, 0.2) is 60.3 Å². The molecular formula is C17H14N4O3. The predicted octanol–water partition coefficient (Wildman–Crippen LogP) is 3.36.